The number of nitrogens with one attached hydrogen (secondary N) is 3. The van der Waals surface area contributed by atoms with Gasteiger partial charge in [-0.15, -0.1) is 12.4 Å². The van der Waals surface area contributed by atoms with Gasteiger partial charge in [0, 0.05) is 31.6 Å². The number of hydrogen-bond donors (Lipinski definition) is 3. The van der Waals surface area contributed by atoms with E-state index in [0.29, 0.717) is 31.5 Å². The van der Waals surface area contributed by atoms with Gasteiger partial charge in [0.1, 0.15) is 5.82 Å². The van der Waals surface area contributed by atoms with Gasteiger partial charge in [0.2, 0.25) is 5.91 Å². The first-order chi connectivity index (χ1) is 10.1. The number of halogens is 2. The zero-order valence-electron chi connectivity index (χ0n) is 12.7. The fourth-order valence-electron chi connectivity index (χ4n) is 1.71. The Morgan fingerprint density at radius 3 is 2.36 bits per heavy atom. The quantitative estimate of drug-likeness (QED) is 0.600. The molecule has 0 aromatic heterocycles. The summed E-state index contributed by atoms with van der Waals surface area (Å²) in [5, 5.41) is 8.59. The smallest absolute Gasteiger partial charge is 0.251 e. The van der Waals surface area contributed by atoms with Gasteiger partial charge in [0.05, 0.1) is 0 Å². The Balaban J connectivity index is 0.00000441. The second-order valence-electron chi connectivity index (χ2n) is 4.57. The molecule has 0 aliphatic carbocycles. The molecule has 2 amide bonds. The first-order valence-electron chi connectivity index (χ1n) is 7.14. The van der Waals surface area contributed by atoms with Crippen LogP contribution in [0.2, 0.25) is 0 Å². The van der Waals surface area contributed by atoms with Crippen LogP contribution in [0.5, 0.6) is 0 Å². The van der Waals surface area contributed by atoms with Crippen LogP contribution in [0, 0.1) is 5.82 Å². The van der Waals surface area contributed by atoms with E-state index >= 15 is 0 Å². The molecule has 0 aliphatic heterocycles. The van der Waals surface area contributed by atoms with Crippen LogP contribution >= 0.6 is 12.4 Å². The van der Waals surface area contributed by atoms with E-state index < -0.39 is 0 Å². The normalized spacial score (nSPS) is 9.73. The first kappa shape index (κ1) is 20.3. The largest absolute Gasteiger partial charge is 0.355 e. The average molecular weight is 332 g/mol. The van der Waals surface area contributed by atoms with Crippen molar-refractivity contribution in [2.45, 2.75) is 19.8 Å². The van der Waals surface area contributed by atoms with Crippen molar-refractivity contribution in [3.05, 3.63) is 35.6 Å². The molecule has 0 fully saturated rings. The SMILES string of the molecule is CCNCCNC(=O)CCCNC(=O)c1ccc(F)cc1.Cl. The van der Waals surface area contributed by atoms with Crippen LogP contribution in [0.3, 0.4) is 0 Å². The summed E-state index contributed by atoms with van der Waals surface area (Å²) in [5.74, 6) is -0.660. The summed E-state index contributed by atoms with van der Waals surface area (Å²) < 4.78 is 12.7. The first-order valence-corrected chi connectivity index (χ1v) is 7.14. The van der Waals surface area contributed by atoms with Crippen molar-refractivity contribution in [2.75, 3.05) is 26.2 Å². The summed E-state index contributed by atoms with van der Waals surface area (Å²) in [6.45, 7) is 4.66. The van der Waals surface area contributed by atoms with Crippen LogP contribution in [-0.4, -0.2) is 38.0 Å². The highest BCUT2D eigenvalue weighted by molar-refractivity contribution is 5.94. The number of carbonyl (C=O) groups excluding carboxylic acids is 2. The molecular weight excluding hydrogens is 309 g/mol. The fraction of sp³-hybridized carbons (Fsp3) is 0.467. The van der Waals surface area contributed by atoms with Gasteiger partial charge < -0.3 is 16.0 Å². The van der Waals surface area contributed by atoms with E-state index in [9.17, 15) is 14.0 Å². The van der Waals surface area contributed by atoms with Crippen molar-refractivity contribution < 1.29 is 14.0 Å². The lowest BCUT2D eigenvalue weighted by Gasteiger charge is -2.07. The molecule has 22 heavy (non-hydrogen) atoms. The maximum absolute atomic E-state index is 12.7. The molecule has 0 heterocycles. The Morgan fingerprint density at radius 2 is 1.73 bits per heavy atom. The molecule has 0 aliphatic rings. The average Bonchev–Trinajstić information content (AvgIpc) is 2.48. The monoisotopic (exact) mass is 331 g/mol. The molecule has 0 unspecified atom stereocenters. The number of rotatable bonds is 9. The lowest BCUT2D eigenvalue weighted by atomic mass is 10.2. The minimum atomic E-state index is -0.374. The Hall–Kier alpha value is -1.66. The minimum Gasteiger partial charge on any atom is -0.355 e. The molecule has 1 aromatic carbocycles. The molecule has 124 valence electrons. The predicted molar refractivity (Wildman–Crippen MR) is 86.8 cm³/mol. The number of hydrogen-bond acceptors (Lipinski definition) is 3. The van der Waals surface area contributed by atoms with Crippen LogP contribution < -0.4 is 16.0 Å². The number of carbonyl (C=O) groups is 2. The molecule has 0 saturated carbocycles. The molecule has 3 N–H and O–H groups in total. The van der Waals surface area contributed by atoms with E-state index in [1.54, 1.807) is 0 Å². The summed E-state index contributed by atoms with van der Waals surface area (Å²) in [4.78, 5) is 23.2. The highest BCUT2D eigenvalue weighted by Crippen LogP contribution is 2.02. The van der Waals surface area contributed by atoms with E-state index in [-0.39, 0.29) is 30.0 Å². The van der Waals surface area contributed by atoms with Gasteiger partial charge in [0.25, 0.3) is 5.91 Å². The fourth-order valence-corrected chi connectivity index (χ4v) is 1.71. The maximum Gasteiger partial charge on any atom is 0.251 e. The molecular formula is C15H23ClFN3O2. The van der Waals surface area contributed by atoms with Crippen molar-refractivity contribution in [1.82, 2.24) is 16.0 Å². The third-order valence-electron chi connectivity index (χ3n) is 2.85. The second-order valence-corrected chi connectivity index (χ2v) is 4.57. The molecule has 0 bridgehead atoms. The van der Waals surface area contributed by atoms with Crippen molar-refractivity contribution in [2.24, 2.45) is 0 Å². The van der Waals surface area contributed by atoms with E-state index in [4.69, 9.17) is 0 Å². The van der Waals surface area contributed by atoms with Gasteiger partial charge >= 0.3 is 0 Å². The van der Waals surface area contributed by atoms with Crippen molar-refractivity contribution >= 4 is 24.2 Å². The Bertz CT molecular complexity index is 455. The summed E-state index contributed by atoms with van der Waals surface area (Å²) in [6, 6.07) is 5.34. The highest BCUT2D eigenvalue weighted by Gasteiger charge is 2.05. The number of amides is 2. The van der Waals surface area contributed by atoms with Crippen LogP contribution in [-0.2, 0) is 4.79 Å². The summed E-state index contributed by atoms with van der Waals surface area (Å²) >= 11 is 0. The Morgan fingerprint density at radius 1 is 1.05 bits per heavy atom. The third kappa shape index (κ3) is 8.59. The number of likely N-dealkylation sites (N-methyl/N-ethyl adjacent to an activating group) is 1. The molecule has 0 spiro atoms. The second kappa shape index (κ2) is 11.9. The lowest BCUT2D eigenvalue weighted by molar-refractivity contribution is -0.121. The molecule has 7 heteroatoms. The standard InChI is InChI=1S/C15H22FN3O2.ClH/c1-2-17-10-11-18-14(20)4-3-9-19-15(21)12-5-7-13(16)8-6-12;/h5-8,17H,2-4,9-11H2,1H3,(H,18,20)(H,19,21);1H. The van der Waals surface area contributed by atoms with E-state index in [0.717, 1.165) is 13.1 Å². The molecule has 0 atom stereocenters. The van der Waals surface area contributed by atoms with Crippen molar-refractivity contribution in [3.8, 4) is 0 Å². The van der Waals surface area contributed by atoms with Crippen LogP contribution in [0.1, 0.15) is 30.1 Å². The lowest BCUT2D eigenvalue weighted by Crippen LogP contribution is -2.32. The van der Waals surface area contributed by atoms with Crippen LogP contribution in [0.25, 0.3) is 0 Å². The molecule has 1 aromatic rings. The van der Waals surface area contributed by atoms with Gasteiger partial charge in [-0.25, -0.2) is 4.39 Å². The van der Waals surface area contributed by atoms with Crippen molar-refractivity contribution in [1.29, 1.82) is 0 Å². The maximum atomic E-state index is 12.7. The summed E-state index contributed by atoms with van der Waals surface area (Å²) in [5.41, 5.74) is 0.409. The number of benzene rings is 1. The topological polar surface area (TPSA) is 70.2 Å². The van der Waals surface area contributed by atoms with Crippen LogP contribution in [0.15, 0.2) is 24.3 Å². The van der Waals surface area contributed by atoms with Crippen molar-refractivity contribution in [3.63, 3.8) is 0 Å². The van der Waals surface area contributed by atoms with Gasteiger partial charge in [-0.2, -0.15) is 0 Å². The van der Waals surface area contributed by atoms with E-state index in [1.807, 2.05) is 6.92 Å². The van der Waals surface area contributed by atoms with Gasteiger partial charge in [-0.05, 0) is 37.2 Å². The molecule has 1 rings (SSSR count). The van der Waals surface area contributed by atoms with Crippen LogP contribution in [0.4, 0.5) is 4.39 Å². The van der Waals surface area contributed by atoms with E-state index in [1.165, 1.54) is 24.3 Å². The predicted octanol–water partition coefficient (Wildman–Crippen LogP) is 1.48. The minimum absolute atomic E-state index is 0. The molecule has 0 saturated heterocycles. The van der Waals surface area contributed by atoms with E-state index in [2.05, 4.69) is 16.0 Å². The Kier molecular flexibility index (Phi) is 11.0. The van der Waals surface area contributed by atoms with Gasteiger partial charge in [-0.1, -0.05) is 6.92 Å². The Labute approximate surface area is 136 Å². The third-order valence-corrected chi connectivity index (χ3v) is 2.85. The molecule has 0 radical (unpaired) electrons. The zero-order chi connectivity index (χ0) is 15.5. The highest BCUT2D eigenvalue weighted by atomic mass is 35.5. The van der Waals surface area contributed by atoms with Gasteiger partial charge in [-0.3, -0.25) is 9.59 Å². The zero-order valence-corrected chi connectivity index (χ0v) is 13.5. The summed E-state index contributed by atoms with van der Waals surface area (Å²) in [6.07, 6.45) is 0.940. The van der Waals surface area contributed by atoms with Gasteiger partial charge in [0.15, 0.2) is 0 Å². The summed E-state index contributed by atoms with van der Waals surface area (Å²) in [7, 11) is 0. The molecule has 5 nitrogen and oxygen atoms in total.